The Morgan fingerprint density at radius 1 is 1.33 bits per heavy atom. The van der Waals surface area contributed by atoms with Crippen LogP contribution in [0.3, 0.4) is 0 Å². The Kier molecular flexibility index (Phi) is 5.27. The van der Waals surface area contributed by atoms with Crippen LogP contribution in [0.2, 0.25) is 0 Å². The molecule has 0 aliphatic rings. The van der Waals surface area contributed by atoms with Gasteiger partial charge in [0.05, 0.1) is 11.2 Å². The monoisotopic (exact) mass is 385 g/mol. The fourth-order valence-electron chi connectivity index (χ4n) is 2.56. The lowest BCUT2D eigenvalue weighted by Crippen LogP contribution is -2.17. The summed E-state index contributed by atoms with van der Waals surface area (Å²) in [5.74, 6) is 0.883. The first-order chi connectivity index (χ1) is 12.9. The van der Waals surface area contributed by atoms with Crippen molar-refractivity contribution in [3.8, 4) is 11.4 Å². The summed E-state index contributed by atoms with van der Waals surface area (Å²) in [4.78, 5) is 16.4. The molecule has 3 aromatic rings. The minimum atomic E-state index is -0.160. The topological polar surface area (TPSA) is 101 Å². The fourth-order valence-corrected chi connectivity index (χ4v) is 2.79. The molecule has 0 saturated heterocycles. The SMILES string of the molecule is CNC(=O)c1cccc(-c2nc(N/C(C)=C(\Cl)c3cn[nH]c3C)n(C)n2)c1. The molecule has 3 N–H and O–H groups in total. The van der Waals surface area contributed by atoms with Gasteiger partial charge in [-0.05, 0) is 26.0 Å². The molecule has 9 heteroatoms. The predicted octanol–water partition coefficient (Wildman–Crippen LogP) is 2.91. The summed E-state index contributed by atoms with van der Waals surface area (Å²) < 4.78 is 1.62. The molecular formula is C18H20ClN7O. The van der Waals surface area contributed by atoms with Crippen LogP contribution in [-0.2, 0) is 7.05 Å². The van der Waals surface area contributed by atoms with Crippen LogP contribution >= 0.6 is 11.6 Å². The van der Waals surface area contributed by atoms with E-state index in [2.05, 4.69) is 30.9 Å². The van der Waals surface area contributed by atoms with Gasteiger partial charge in [-0.3, -0.25) is 9.89 Å². The Balaban J connectivity index is 1.89. The van der Waals surface area contributed by atoms with Crippen LogP contribution in [-0.4, -0.2) is 37.9 Å². The van der Waals surface area contributed by atoms with Crippen LogP contribution in [0.5, 0.6) is 0 Å². The Labute approximate surface area is 161 Å². The minimum absolute atomic E-state index is 0.160. The third-order valence-corrected chi connectivity index (χ3v) is 4.56. The number of H-pyrrole nitrogens is 1. The number of halogens is 1. The van der Waals surface area contributed by atoms with Crippen molar-refractivity contribution in [3.05, 3.63) is 53.0 Å². The molecule has 0 radical (unpaired) electrons. The number of aromatic amines is 1. The maximum Gasteiger partial charge on any atom is 0.251 e. The van der Waals surface area contributed by atoms with E-state index in [1.165, 1.54) is 0 Å². The molecule has 0 bridgehead atoms. The quantitative estimate of drug-likeness (QED) is 0.627. The largest absolute Gasteiger partial charge is 0.355 e. The van der Waals surface area contributed by atoms with Crippen LogP contribution in [0.15, 0.2) is 36.2 Å². The number of carbonyl (C=O) groups is 1. The molecule has 2 heterocycles. The molecule has 0 aliphatic heterocycles. The van der Waals surface area contributed by atoms with E-state index in [1.54, 1.807) is 43.2 Å². The number of hydrogen-bond acceptors (Lipinski definition) is 5. The van der Waals surface area contributed by atoms with Gasteiger partial charge in [-0.15, -0.1) is 5.10 Å². The standard InChI is InChI=1S/C18H20ClN7O/c1-10-14(9-21-24-10)15(19)11(2)22-18-23-16(25-26(18)4)12-6-5-7-13(8-12)17(27)20-3/h5-9H,1-4H3,(H,20,27)(H,21,24)(H,22,23,25)/b15-11-. The summed E-state index contributed by atoms with van der Waals surface area (Å²) in [7, 11) is 3.38. The minimum Gasteiger partial charge on any atom is -0.355 e. The zero-order chi connectivity index (χ0) is 19.6. The number of hydrogen-bond donors (Lipinski definition) is 3. The van der Waals surface area contributed by atoms with Gasteiger partial charge in [0.25, 0.3) is 5.91 Å². The van der Waals surface area contributed by atoms with Gasteiger partial charge >= 0.3 is 0 Å². The summed E-state index contributed by atoms with van der Waals surface area (Å²) in [5.41, 5.74) is 3.72. The number of nitrogens with one attached hydrogen (secondary N) is 3. The molecule has 0 fully saturated rings. The van der Waals surface area contributed by atoms with Gasteiger partial charge in [-0.25, -0.2) is 4.68 Å². The summed E-state index contributed by atoms with van der Waals surface area (Å²) in [6.45, 7) is 3.76. The molecule has 0 spiro atoms. The number of aryl methyl sites for hydroxylation is 2. The van der Waals surface area contributed by atoms with Crippen LogP contribution < -0.4 is 10.6 Å². The molecule has 0 atom stereocenters. The van der Waals surface area contributed by atoms with Crippen LogP contribution in [0.25, 0.3) is 16.4 Å². The Morgan fingerprint density at radius 3 is 2.78 bits per heavy atom. The van der Waals surface area contributed by atoms with E-state index in [1.807, 2.05) is 19.9 Å². The van der Waals surface area contributed by atoms with Crippen molar-refractivity contribution in [2.75, 3.05) is 12.4 Å². The molecule has 27 heavy (non-hydrogen) atoms. The molecule has 3 rings (SSSR count). The molecule has 8 nitrogen and oxygen atoms in total. The zero-order valence-electron chi connectivity index (χ0n) is 15.5. The normalized spacial score (nSPS) is 11.9. The molecule has 0 saturated carbocycles. The highest BCUT2D eigenvalue weighted by Gasteiger charge is 2.14. The molecular weight excluding hydrogens is 366 g/mol. The fraction of sp³-hybridized carbons (Fsp3) is 0.222. The number of anilines is 1. The van der Waals surface area contributed by atoms with E-state index in [9.17, 15) is 4.79 Å². The van der Waals surface area contributed by atoms with E-state index in [0.29, 0.717) is 22.4 Å². The number of carbonyl (C=O) groups excluding carboxylic acids is 1. The number of rotatable bonds is 5. The van der Waals surface area contributed by atoms with Crippen molar-refractivity contribution in [3.63, 3.8) is 0 Å². The zero-order valence-corrected chi connectivity index (χ0v) is 16.2. The van der Waals surface area contributed by atoms with Crippen LogP contribution in [0.1, 0.15) is 28.5 Å². The van der Waals surface area contributed by atoms with E-state index < -0.39 is 0 Å². The molecule has 1 amide bonds. The van der Waals surface area contributed by atoms with Gasteiger partial charge in [0.1, 0.15) is 0 Å². The molecule has 0 unspecified atom stereocenters. The van der Waals surface area contributed by atoms with Crippen molar-refractivity contribution >= 4 is 28.5 Å². The van der Waals surface area contributed by atoms with Crippen molar-refractivity contribution in [1.29, 1.82) is 0 Å². The lowest BCUT2D eigenvalue weighted by Gasteiger charge is -2.07. The summed E-state index contributed by atoms with van der Waals surface area (Å²) in [5, 5.41) is 17.6. The summed E-state index contributed by atoms with van der Waals surface area (Å²) in [6, 6.07) is 7.15. The van der Waals surface area contributed by atoms with Gasteiger partial charge in [0.15, 0.2) is 5.82 Å². The van der Waals surface area contributed by atoms with Gasteiger partial charge < -0.3 is 10.6 Å². The predicted molar refractivity (Wildman–Crippen MR) is 105 cm³/mol. The molecule has 1 aromatic carbocycles. The lowest BCUT2D eigenvalue weighted by atomic mass is 10.1. The van der Waals surface area contributed by atoms with E-state index in [4.69, 9.17) is 11.6 Å². The second-order valence-electron chi connectivity index (χ2n) is 6.02. The van der Waals surface area contributed by atoms with E-state index in [-0.39, 0.29) is 5.91 Å². The van der Waals surface area contributed by atoms with Crippen LogP contribution in [0.4, 0.5) is 5.95 Å². The highest BCUT2D eigenvalue weighted by Crippen LogP contribution is 2.26. The number of aromatic nitrogens is 5. The Bertz CT molecular complexity index is 1020. The van der Waals surface area contributed by atoms with Crippen molar-refractivity contribution in [2.24, 2.45) is 7.05 Å². The lowest BCUT2D eigenvalue weighted by molar-refractivity contribution is 0.0963. The van der Waals surface area contributed by atoms with Crippen molar-refractivity contribution in [2.45, 2.75) is 13.8 Å². The maximum atomic E-state index is 11.8. The first kappa shape index (κ1) is 18.7. The number of benzene rings is 1. The third kappa shape index (κ3) is 3.85. The Morgan fingerprint density at radius 2 is 2.11 bits per heavy atom. The highest BCUT2D eigenvalue weighted by molar-refractivity contribution is 6.49. The number of nitrogens with zero attached hydrogens (tertiary/aromatic N) is 4. The smallest absolute Gasteiger partial charge is 0.251 e. The third-order valence-electron chi connectivity index (χ3n) is 4.07. The maximum absolute atomic E-state index is 11.8. The van der Waals surface area contributed by atoms with Gasteiger partial charge in [0.2, 0.25) is 5.95 Å². The van der Waals surface area contributed by atoms with E-state index >= 15 is 0 Å². The summed E-state index contributed by atoms with van der Waals surface area (Å²) in [6.07, 6.45) is 1.68. The first-order valence-electron chi connectivity index (χ1n) is 8.28. The van der Waals surface area contributed by atoms with E-state index in [0.717, 1.165) is 22.5 Å². The molecule has 0 aliphatic carbocycles. The van der Waals surface area contributed by atoms with Crippen molar-refractivity contribution < 1.29 is 4.79 Å². The van der Waals surface area contributed by atoms with Gasteiger partial charge in [-0.2, -0.15) is 10.1 Å². The number of allylic oxidation sites excluding steroid dienone is 1. The first-order valence-corrected chi connectivity index (χ1v) is 8.65. The average molecular weight is 386 g/mol. The van der Waals surface area contributed by atoms with Crippen LogP contribution in [0, 0.1) is 6.92 Å². The van der Waals surface area contributed by atoms with Gasteiger partial charge in [-0.1, -0.05) is 23.7 Å². The second kappa shape index (κ2) is 7.63. The molecule has 2 aromatic heterocycles. The number of amides is 1. The average Bonchev–Trinajstić information content (AvgIpc) is 3.26. The molecule has 140 valence electrons. The van der Waals surface area contributed by atoms with Crippen molar-refractivity contribution in [1.82, 2.24) is 30.3 Å². The van der Waals surface area contributed by atoms with Gasteiger partial charge in [0, 0.05) is 42.2 Å². The second-order valence-corrected chi connectivity index (χ2v) is 6.39. The summed E-state index contributed by atoms with van der Waals surface area (Å²) >= 11 is 6.46. The Hall–Kier alpha value is -3.13. The highest BCUT2D eigenvalue weighted by atomic mass is 35.5.